The van der Waals surface area contributed by atoms with E-state index < -0.39 is 17.2 Å². The van der Waals surface area contributed by atoms with Crippen LogP contribution in [0.2, 0.25) is 0 Å². The fourth-order valence-corrected chi connectivity index (χ4v) is 2.98. The van der Waals surface area contributed by atoms with E-state index in [2.05, 4.69) is 20.7 Å². The van der Waals surface area contributed by atoms with E-state index in [1.165, 1.54) is 6.07 Å². The molecular weight excluding hydrogens is 284 g/mol. The second-order valence-electron chi connectivity index (χ2n) is 1.82. The summed E-state index contributed by atoms with van der Waals surface area (Å²) in [5, 5.41) is 8.29. The summed E-state index contributed by atoms with van der Waals surface area (Å²) in [5.41, 5.74) is 0. The molecule has 2 N–H and O–H groups in total. The van der Waals surface area contributed by atoms with E-state index in [-0.39, 0.29) is 9.96 Å². The molecule has 72 valence electrons. The first kappa shape index (κ1) is 10.6. The van der Waals surface area contributed by atoms with Crippen LogP contribution in [0.25, 0.3) is 0 Å². The molecule has 1 atom stereocenters. The summed E-state index contributed by atoms with van der Waals surface area (Å²) in [5.74, 6) is 0. The van der Waals surface area contributed by atoms with Crippen molar-refractivity contribution in [1.29, 1.82) is 0 Å². The summed E-state index contributed by atoms with van der Waals surface area (Å²) in [7, 11) is 0. The van der Waals surface area contributed by atoms with Crippen LogP contribution in [0.4, 0.5) is 4.79 Å². The Labute approximate surface area is 87.8 Å². The van der Waals surface area contributed by atoms with Gasteiger partial charge in [0.25, 0.3) is 0 Å². The normalized spacial score (nSPS) is 12.5. The topological polar surface area (TPSA) is 83.8 Å². The maximum atomic E-state index is 10.6. The Hall–Kier alpha value is -0.440. The third-order valence-electron chi connectivity index (χ3n) is 1.01. The molecule has 0 bridgehead atoms. The lowest BCUT2D eigenvalue weighted by Crippen LogP contribution is -2.01. The molecule has 0 amide bonds. The minimum absolute atomic E-state index is 0.0526. The van der Waals surface area contributed by atoms with Gasteiger partial charge >= 0.3 is 6.16 Å². The third-order valence-corrected chi connectivity index (χ3v) is 3.81. The molecule has 1 aromatic rings. The average Bonchev–Trinajstić information content (AvgIpc) is 2.29. The Balaban J connectivity index is 2.95. The van der Waals surface area contributed by atoms with Crippen LogP contribution in [0.3, 0.4) is 0 Å². The second-order valence-corrected chi connectivity index (χ2v) is 5.09. The van der Waals surface area contributed by atoms with Gasteiger partial charge in [0, 0.05) is 6.07 Å². The van der Waals surface area contributed by atoms with Crippen molar-refractivity contribution in [2.45, 2.75) is 4.90 Å². The lowest BCUT2D eigenvalue weighted by atomic mass is 10.6. The Kier molecular flexibility index (Phi) is 3.42. The molecule has 0 aliphatic rings. The van der Waals surface area contributed by atoms with Gasteiger partial charge in [-0.05, 0) is 15.9 Å². The monoisotopic (exact) mass is 286 g/mol. The van der Waals surface area contributed by atoms with Crippen LogP contribution in [0, 0.1) is 0 Å². The number of rotatable bonds is 2. The maximum Gasteiger partial charge on any atom is 0.512 e. The van der Waals surface area contributed by atoms with Crippen molar-refractivity contribution in [1.82, 2.24) is 0 Å². The molecule has 0 saturated heterocycles. The lowest BCUT2D eigenvalue weighted by molar-refractivity contribution is 0.146. The first-order valence-electron chi connectivity index (χ1n) is 2.81. The van der Waals surface area contributed by atoms with Crippen molar-refractivity contribution in [3.8, 4) is 5.06 Å². The quantitative estimate of drug-likeness (QED) is 0.643. The van der Waals surface area contributed by atoms with Crippen LogP contribution in [0.15, 0.2) is 14.7 Å². The Morgan fingerprint density at radius 2 is 2.31 bits per heavy atom. The van der Waals surface area contributed by atoms with E-state index in [0.29, 0.717) is 3.79 Å². The number of thiophene rings is 1. The first-order chi connectivity index (χ1) is 6.00. The number of ether oxygens (including phenoxy) is 1. The highest BCUT2D eigenvalue weighted by Crippen LogP contribution is 2.35. The van der Waals surface area contributed by atoms with Gasteiger partial charge in [0.2, 0.25) is 0 Å². The number of hydrogen-bond donors (Lipinski definition) is 2. The summed E-state index contributed by atoms with van der Waals surface area (Å²) < 4.78 is 24.0. The molecule has 5 nitrogen and oxygen atoms in total. The van der Waals surface area contributed by atoms with Crippen molar-refractivity contribution >= 4 is 44.5 Å². The Morgan fingerprint density at radius 3 is 2.69 bits per heavy atom. The summed E-state index contributed by atoms with van der Waals surface area (Å²) >= 11 is 1.79. The summed E-state index contributed by atoms with van der Waals surface area (Å²) in [4.78, 5) is 10.2. The van der Waals surface area contributed by atoms with Gasteiger partial charge < -0.3 is 14.4 Å². The van der Waals surface area contributed by atoms with Gasteiger partial charge in [0.05, 0.1) is 8.68 Å². The molecule has 0 aliphatic heterocycles. The van der Waals surface area contributed by atoms with E-state index >= 15 is 0 Å². The molecule has 8 heteroatoms. The fraction of sp³-hybridized carbons (Fsp3) is 0. The number of hydrogen-bond acceptors (Lipinski definition) is 4. The standard InChI is InChI=1S/C5H3BrO5S2/c6-4-2(13(9)10)1-3(12-4)11-5(7)8/h1H,(H,7,8)(H,9,10). The van der Waals surface area contributed by atoms with E-state index in [1.807, 2.05) is 0 Å². The molecule has 0 aromatic carbocycles. The fourth-order valence-electron chi connectivity index (χ4n) is 0.587. The predicted molar refractivity (Wildman–Crippen MR) is 49.7 cm³/mol. The maximum absolute atomic E-state index is 10.6. The van der Waals surface area contributed by atoms with Crippen LogP contribution in [-0.2, 0) is 11.1 Å². The van der Waals surface area contributed by atoms with Crippen molar-refractivity contribution in [2.24, 2.45) is 0 Å². The van der Waals surface area contributed by atoms with Gasteiger partial charge in [-0.2, -0.15) is 0 Å². The summed E-state index contributed by atoms with van der Waals surface area (Å²) in [6, 6.07) is 1.19. The lowest BCUT2D eigenvalue weighted by Gasteiger charge is -1.90. The highest BCUT2D eigenvalue weighted by Gasteiger charge is 2.14. The van der Waals surface area contributed by atoms with Gasteiger partial charge in [-0.25, -0.2) is 9.00 Å². The molecule has 13 heavy (non-hydrogen) atoms. The zero-order valence-electron chi connectivity index (χ0n) is 5.89. The summed E-state index contributed by atoms with van der Waals surface area (Å²) in [6.45, 7) is 0. The molecule has 1 heterocycles. The van der Waals surface area contributed by atoms with Crippen molar-refractivity contribution < 1.29 is 23.4 Å². The summed E-state index contributed by atoms with van der Waals surface area (Å²) in [6.07, 6.45) is -1.45. The average molecular weight is 287 g/mol. The molecule has 0 fully saturated rings. The molecular formula is C5H3BrO5S2. The van der Waals surface area contributed by atoms with Crippen molar-refractivity contribution in [3.63, 3.8) is 0 Å². The zero-order chi connectivity index (χ0) is 10.0. The second kappa shape index (κ2) is 4.18. The molecule has 1 rings (SSSR count). The molecule has 0 radical (unpaired) electrons. The third kappa shape index (κ3) is 2.76. The Bertz CT molecular complexity index is 360. The van der Waals surface area contributed by atoms with Gasteiger partial charge in [-0.15, -0.1) is 0 Å². The van der Waals surface area contributed by atoms with Crippen LogP contribution in [0.5, 0.6) is 5.06 Å². The smallest absolute Gasteiger partial charge is 0.449 e. The molecule has 0 spiro atoms. The van der Waals surface area contributed by atoms with Crippen molar-refractivity contribution in [3.05, 3.63) is 9.85 Å². The van der Waals surface area contributed by atoms with E-state index in [0.717, 1.165) is 11.3 Å². The van der Waals surface area contributed by atoms with Crippen LogP contribution < -0.4 is 4.74 Å². The molecule has 1 unspecified atom stereocenters. The minimum atomic E-state index is -2.14. The van der Waals surface area contributed by atoms with Crippen LogP contribution >= 0.6 is 27.3 Å². The zero-order valence-corrected chi connectivity index (χ0v) is 9.11. The molecule has 0 aliphatic carbocycles. The van der Waals surface area contributed by atoms with Gasteiger partial charge in [0.15, 0.2) is 16.1 Å². The Morgan fingerprint density at radius 1 is 1.69 bits per heavy atom. The predicted octanol–water partition coefficient (Wildman–Crippen LogP) is 2.15. The highest BCUT2D eigenvalue weighted by atomic mass is 79.9. The number of halogens is 1. The first-order valence-corrected chi connectivity index (χ1v) is 5.53. The van der Waals surface area contributed by atoms with E-state index in [4.69, 9.17) is 9.66 Å². The highest BCUT2D eigenvalue weighted by molar-refractivity contribution is 9.11. The van der Waals surface area contributed by atoms with Gasteiger partial charge in [-0.3, -0.25) is 0 Å². The molecule has 1 aromatic heterocycles. The number of carbonyl (C=O) groups is 1. The minimum Gasteiger partial charge on any atom is -0.449 e. The van der Waals surface area contributed by atoms with E-state index in [9.17, 15) is 9.00 Å². The van der Waals surface area contributed by atoms with Crippen molar-refractivity contribution in [2.75, 3.05) is 0 Å². The van der Waals surface area contributed by atoms with Gasteiger partial charge in [0.1, 0.15) is 0 Å². The van der Waals surface area contributed by atoms with Crippen LogP contribution in [0.1, 0.15) is 0 Å². The van der Waals surface area contributed by atoms with Crippen LogP contribution in [-0.4, -0.2) is 20.0 Å². The SMILES string of the molecule is O=C(O)Oc1cc(S(=O)O)c(Br)s1. The molecule has 0 saturated carbocycles. The van der Waals surface area contributed by atoms with Gasteiger partial charge in [-0.1, -0.05) is 11.3 Å². The largest absolute Gasteiger partial charge is 0.512 e. The number of carboxylic acid groups (broad SMARTS) is 1. The van der Waals surface area contributed by atoms with E-state index in [1.54, 1.807) is 0 Å².